The van der Waals surface area contributed by atoms with Crippen molar-refractivity contribution in [3.8, 4) is 5.75 Å². The van der Waals surface area contributed by atoms with Gasteiger partial charge in [0.2, 0.25) is 5.89 Å². The molecule has 1 atom stereocenters. The summed E-state index contributed by atoms with van der Waals surface area (Å²) in [6.45, 7) is 6.75. The molecule has 0 radical (unpaired) electrons. The summed E-state index contributed by atoms with van der Waals surface area (Å²) in [4.78, 5) is 8.44. The van der Waals surface area contributed by atoms with E-state index < -0.39 is 11.7 Å². The van der Waals surface area contributed by atoms with Gasteiger partial charge in [0, 0.05) is 13.5 Å². The van der Waals surface area contributed by atoms with Crippen LogP contribution in [-0.4, -0.2) is 35.3 Å². The number of rotatable bonds is 8. The number of guanidine groups is 1. The first-order valence-electron chi connectivity index (χ1n) is 8.97. The van der Waals surface area contributed by atoms with Gasteiger partial charge in [-0.1, -0.05) is 18.1 Å². The maximum atomic E-state index is 12.8. The number of alkyl halides is 3. The lowest BCUT2D eigenvalue weighted by molar-refractivity contribution is -0.137. The molecule has 0 saturated heterocycles. The van der Waals surface area contributed by atoms with Gasteiger partial charge in [0.1, 0.15) is 18.4 Å². The third kappa shape index (κ3) is 6.75. The lowest BCUT2D eigenvalue weighted by atomic mass is 10.2. The van der Waals surface area contributed by atoms with Crippen molar-refractivity contribution in [2.24, 2.45) is 4.99 Å². The van der Waals surface area contributed by atoms with Gasteiger partial charge < -0.3 is 19.9 Å². The van der Waals surface area contributed by atoms with Crippen LogP contribution >= 0.6 is 0 Å². The lowest BCUT2D eigenvalue weighted by Gasteiger charge is -2.20. The molecule has 0 aliphatic rings. The first-order chi connectivity index (χ1) is 13.3. The van der Waals surface area contributed by atoms with E-state index in [4.69, 9.17) is 9.26 Å². The zero-order chi connectivity index (χ0) is 20.6. The molecule has 10 heteroatoms. The van der Waals surface area contributed by atoms with Gasteiger partial charge in [0.15, 0.2) is 11.8 Å². The highest BCUT2D eigenvalue weighted by Crippen LogP contribution is 2.31. The van der Waals surface area contributed by atoms with E-state index in [2.05, 4.69) is 25.8 Å². The van der Waals surface area contributed by atoms with Crippen molar-refractivity contribution < 1.29 is 22.4 Å². The highest BCUT2D eigenvalue weighted by atomic mass is 19.4. The highest BCUT2D eigenvalue weighted by Gasteiger charge is 2.30. The Labute approximate surface area is 161 Å². The summed E-state index contributed by atoms with van der Waals surface area (Å²) < 4.78 is 49.1. The molecule has 2 N–H and O–H groups in total. The monoisotopic (exact) mass is 399 g/mol. The van der Waals surface area contributed by atoms with E-state index >= 15 is 0 Å². The molecular weight excluding hydrogens is 375 g/mol. The Balaban J connectivity index is 1.96. The number of nitrogens with zero attached hydrogens (tertiary/aromatic N) is 3. The van der Waals surface area contributed by atoms with Gasteiger partial charge in [-0.2, -0.15) is 18.2 Å². The molecule has 0 saturated carbocycles. The molecule has 0 spiro atoms. The van der Waals surface area contributed by atoms with Crippen LogP contribution in [0.1, 0.15) is 37.5 Å². The van der Waals surface area contributed by atoms with Crippen LogP contribution in [0.25, 0.3) is 0 Å². The number of aliphatic imine (C=N–C) groups is 1. The molecule has 0 fully saturated rings. The van der Waals surface area contributed by atoms with Crippen LogP contribution < -0.4 is 15.4 Å². The largest absolute Gasteiger partial charge is 0.489 e. The van der Waals surface area contributed by atoms with E-state index in [1.165, 1.54) is 12.1 Å². The summed E-state index contributed by atoms with van der Waals surface area (Å²) in [5.74, 6) is 1.62. The molecule has 0 aliphatic carbocycles. The molecule has 0 amide bonds. The summed E-state index contributed by atoms with van der Waals surface area (Å²) in [7, 11) is 0. The summed E-state index contributed by atoms with van der Waals surface area (Å²) in [6, 6.07) is 4.86. The smallest absolute Gasteiger partial charge is 0.416 e. The van der Waals surface area contributed by atoms with E-state index in [1.807, 2.05) is 13.8 Å². The molecule has 1 unspecified atom stereocenters. The quantitative estimate of drug-likeness (QED) is 0.523. The minimum Gasteiger partial charge on any atom is -0.489 e. The van der Waals surface area contributed by atoms with Crippen LogP contribution in [0, 0.1) is 6.92 Å². The predicted octanol–water partition coefficient (Wildman–Crippen LogP) is 3.31. The molecule has 7 nitrogen and oxygen atoms in total. The molecule has 0 bridgehead atoms. The van der Waals surface area contributed by atoms with Gasteiger partial charge in [0.05, 0.1) is 12.1 Å². The van der Waals surface area contributed by atoms with Gasteiger partial charge >= 0.3 is 6.18 Å². The van der Waals surface area contributed by atoms with Crippen LogP contribution in [0.15, 0.2) is 33.8 Å². The standard InChI is InChI=1S/C18H24F3N5O2/c1-4-14(27-15-8-6-7-13(9-15)18(19,20)21)10-23-17(22-5-2)24-11-16-25-12(3)28-26-16/h6-9,14H,4-5,10-11H2,1-3H3,(H2,22,23,24). The van der Waals surface area contributed by atoms with Gasteiger partial charge in [-0.05, 0) is 31.5 Å². The topological polar surface area (TPSA) is 84.6 Å². The first kappa shape index (κ1) is 21.5. The molecule has 1 aromatic heterocycles. The Kier molecular flexibility index (Phi) is 7.65. The first-order valence-corrected chi connectivity index (χ1v) is 8.97. The maximum Gasteiger partial charge on any atom is 0.416 e. The molecule has 2 rings (SSSR count). The summed E-state index contributed by atoms with van der Waals surface area (Å²) in [5.41, 5.74) is -0.738. The fourth-order valence-corrected chi connectivity index (χ4v) is 2.32. The van der Waals surface area contributed by atoms with Crippen molar-refractivity contribution in [1.29, 1.82) is 0 Å². The van der Waals surface area contributed by atoms with E-state index in [1.54, 1.807) is 6.92 Å². The lowest BCUT2D eigenvalue weighted by Crippen LogP contribution is -2.42. The average Bonchev–Trinajstić information content (AvgIpc) is 3.07. The SMILES string of the molecule is CCNC(=NCc1noc(C)n1)NCC(CC)Oc1cccc(C(F)(F)F)c1. The average molecular weight is 399 g/mol. The number of halogens is 3. The number of hydrogen-bond donors (Lipinski definition) is 2. The molecule has 2 aromatic rings. The second kappa shape index (κ2) is 9.95. The van der Waals surface area contributed by atoms with Crippen LogP contribution in [0.2, 0.25) is 0 Å². The third-order valence-electron chi connectivity index (χ3n) is 3.71. The van der Waals surface area contributed by atoms with Crippen molar-refractivity contribution in [3.63, 3.8) is 0 Å². The number of aryl methyl sites for hydroxylation is 1. The minimum absolute atomic E-state index is 0.174. The fraction of sp³-hybridized carbons (Fsp3) is 0.500. The summed E-state index contributed by atoms with van der Waals surface area (Å²) >= 11 is 0. The van der Waals surface area contributed by atoms with Crippen molar-refractivity contribution in [2.75, 3.05) is 13.1 Å². The highest BCUT2D eigenvalue weighted by molar-refractivity contribution is 5.79. The molecule has 154 valence electrons. The normalized spacial score (nSPS) is 13.3. The van der Waals surface area contributed by atoms with Crippen LogP contribution in [-0.2, 0) is 12.7 Å². The Morgan fingerprint density at radius 1 is 1.29 bits per heavy atom. The van der Waals surface area contributed by atoms with Gasteiger partial charge in [-0.25, -0.2) is 4.99 Å². The number of aromatic nitrogens is 2. The third-order valence-corrected chi connectivity index (χ3v) is 3.71. The number of nitrogens with one attached hydrogen (secondary N) is 2. The number of hydrogen-bond acceptors (Lipinski definition) is 5. The minimum atomic E-state index is -4.41. The van der Waals surface area contributed by atoms with Crippen molar-refractivity contribution >= 4 is 5.96 Å². The van der Waals surface area contributed by atoms with E-state index in [0.29, 0.717) is 37.2 Å². The zero-order valence-corrected chi connectivity index (χ0v) is 16.0. The van der Waals surface area contributed by atoms with E-state index in [0.717, 1.165) is 12.1 Å². The van der Waals surface area contributed by atoms with Crippen LogP contribution in [0.4, 0.5) is 13.2 Å². The van der Waals surface area contributed by atoms with E-state index in [9.17, 15) is 13.2 Å². The molecule has 28 heavy (non-hydrogen) atoms. The predicted molar refractivity (Wildman–Crippen MR) is 98.0 cm³/mol. The zero-order valence-electron chi connectivity index (χ0n) is 16.0. The van der Waals surface area contributed by atoms with Gasteiger partial charge in [-0.15, -0.1) is 0 Å². The van der Waals surface area contributed by atoms with Gasteiger partial charge in [0.25, 0.3) is 0 Å². The van der Waals surface area contributed by atoms with E-state index in [-0.39, 0.29) is 18.4 Å². The number of ether oxygens (including phenoxy) is 1. The second-order valence-electron chi connectivity index (χ2n) is 5.98. The summed E-state index contributed by atoms with van der Waals surface area (Å²) in [5, 5.41) is 9.98. The molecule has 1 heterocycles. The van der Waals surface area contributed by atoms with Crippen LogP contribution in [0.5, 0.6) is 5.75 Å². The fourth-order valence-electron chi connectivity index (χ4n) is 2.32. The molecule has 0 aliphatic heterocycles. The Bertz CT molecular complexity index is 777. The Hall–Kier alpha value is -2.78. The van der Waals surface area contributed by atoms with Crippen molar-refractivity contribution in [2.45, 2.75) is 46.0 Å². The van der Waals surface area contributed by atoms with Gasteiger partial charge in [-0.3, -0.25) is 0 Å². The van der Waals surface area contributed by atoms with Crippen molar-refractivity contribution in [3.05, 3.63) is 41.5 Å². The Morgan fingerprint density at radius 3 is 2.68 bits per heavy atom. The van der Waals surface area contributed by atoms with Crippen molar-refractivity contribution in [1.82, 2.24) is 20.8 Å². The Morgan fingerprint density at radius 2 is 2.07 bits per heavy atom. The summed E-state index contributed by atoms with van der Waals surface area (Å²) in [6.07, 6.45) is -4.13. The maximum absolute atomic E-state index is 12.8. The second-order valence-corrected chi connectivity index (χ2v) is 5.98. The number of benzene rings is 1. The van der Waals surface area contributed by atoms with Crippen LogP contribution in [0.3, 0.4) is 0 Å². The molecular formula is C18H24F3N5O2. The molecule has 1 aromatic carbocycles.